The lowest BCUT2D eigenvalue weighted by Crippen LogP contribution is -1.94. The predicted molar refractivity (Wildman–Crippen MR) is 69.9 cm³/mol. The molecule has 1 heterocycles. The molecule has 0 radical (unpaired) electrons. The van der Waals surface area contributed by atoms with Crippen LogP contribution in [0.1, 0.15) is 30.9 Å². The first-order valence-corrected chi connectivity index (χ1v) is 6.30. The SMILES string of the molecule is C=O.CC1(C)[C@H](CO)[C@H]1c1cccc2c1CCO2. The Kier molecular flexibility index (Phi) is 3.44. The Morgan fingerprint density at radius 2 is 2.17 bits per heavy atom. The number of carbonyl (C=O) groups is 1. The van der Waals surface area contributed by atoms with Gasteiger partial charge in [0.05, 0.1) is 6.61 Å². The molecule has 0 bridgehead atoms. The van der Waals surface area contributed by atoms with Crippen LogP contribution >= 0.6 is 0 Å². The molecule has 0 saturated heterocycles. The molecule has 18 heavy (non-hydrogen) atoms. The van der Waals surface area contributed by atoms with Crippen LogP contribution in [0.25, 0.3) is 0 Å². The number of fused-ring (bicyclic) bond motifs is 1. The van der Waals surface area contributed by atoms with E-state index in [1.165, 1.54) is 11.1 Å². The first-order valence-electron chi connectivity index (χ1n) is 6.30. The fourth-order valence-corrected chi connectivity index (χ4v) is 3.24. The van der Waals surface area contributed by atoms with Crippen LogP contribution < -0.4 is 4.74 Å². The van der Waals surface area contributed by atoms with E-state index < -0.39 is 0 Å². The Balaban J connectivity index is 0.000000574. The highest BCUT2D eigenvalue weighted by atomic mass is 16.5. The smallest absolute Gasteiger partial charge is 0.122 e. The molecule has 1 aliphatic heterocycles. The zero-order valence-electron chi connectivity index (χ0n) is 11.0. The van der Waals surface area contributed by atoms with Crippen LogP contribution in [-0.2, 0) is 11.2 Å². The van der Waals surface area contributed by atoms with Gasteiger partial charge in [-0.2, -0.15) is 0 Å². The van der Waals surface area contributed by atoms with Crippen molar-refractivity contribution in [2.45, 2.75) is 26.2 Å². The van der Waals surface area contributed by atoms with Gasteiger partial charge in [0.25, 0.3) is 0 Å². The Morgan fingerprint density at radius 1 is 1.44 bits per heavy atom. The van der Waals surface area contributed by atoms with Gasteiger partial charge in [0.2, 0.25) is 0 Å². The maximum absolute atomic E-state index is 9.39. The van der Waals surface area contributed by atoms with Crippen LogP contribution in [0.2, 0.25) is 0 Å². The van der Waals surface area contributed by atoms with E-state index in [4.69, 9.17) is 9.53 Å². The number of hydrogen-bond acceptors (Lipinski definition) is 3. The van der Waals surface area contributed by atoms with Gasteiger partial charge < -0.3 is 14.6 Å². The average molecular weight is 248 g/mol. The number of aliphatic hydroxyl groups is 1. The second-order valence-corrected chi connectivity index (χ2v) is 5.51. The van der Waals surface area contributed by atoms with Gasteiger partial charge in [-0.1, -0.05) is 26.0 Å². The average Bonchev–Trinajstić information content (AvgIpc) is 2.77. The molecular formula is C15H20O3. The van der Waals surface area contributed by atoms with Gasteiger partial charge in [0.1, 0.15) is 12.5 Å². The Hall–Kier alpha value is -1.35. The molecule has 2 atom stereocenters. The number of hydrogen-bond donors (Lipinski definition) is 1. The van der Waals surface area contributed by atoms with E-state index in [1.807, 2.05) is 6.79 Å². The van der Waals surface area contributed by atoms with Gasteiger partial charge in [-0.15, -0.1) is 0 Å². The molecule has 1 fully saturated rings. The van der Waals surface area contributed by atoms with Crippen molar-refractivity contribution < 1.29 is 14.6 Å². The van der Waals surface area contributed by atoms with Gasteiger partial charge in [-0.25, -0.2) is 0 Å². The molecule has 1 aromatic rings. The van der Waals surface area contributed by atoms with Gasteiger partial charge >= 0.3 is 0 Å². The highest BCUT2D eigenvalue weighted by Crippen LogP contribution is 2.65. The van der Waals surface area contributed by atoms with E-state index in [9.17, 15) is 5.11 Å². The summed E-state index contributed by atoms with van der Waals surface area (Å²) in [5.41, 5.74) is 3.02. The fourth-order valence-electron chi connectivity index (χ4n) is 3.24. The highest BCUT2D eigenvalue weighted by molar-refractivity contribution is 5.48. The number of benzene rings is 1. The van der Waals surface area contributed by atoms with Crippen molar-refractivity contribution in [1.29, 1.82) is 0 Å². The summed E-state index contributed by atoms with van der Waals surface area (Å²) in [4.78, 5) is 8.00. The summed E-state index contributed by atoms with van der Waals surface area (Å²) in [6.07, 6.45) is 1.02. The molecule has 3 nitrogen and oxygen atoms in total. The fraction of sp³-hybridized carbons (Fsp3) is 0.533. The minimum atomic E-state index is 0.243. The maximum atomic E-state index is 9.39. The molecule has 1 aromatic carbocycles. The molecular weight excluding hydrogens is 228 g/mol. The minimum absolute atomic E-state index is 0.243. The monoisotopic (exact) mass is 248 g/mol. The zero-order valence-corrected chi connectivity index (χ0v) is 11.0. The zero-order chi connectivity index (χ0) is 13.3. The second-order valence-electron chi connectivity index (χ2n) is 5.51. The summed E-state index contributed by atoms with van der Waals surface area (Å²) in [7, 11) is 0. The molecule has 0 spiro atoms. The molecule has 3 heteroatoms. The highest BCUT2D eigenvalue weighted by Gasteiger charge is 2.58. The standard InChI is InChI=1S/C14H18O2.CH2O/c1-14(2)11(8-15)13(14)10-4-3-5-12-9(10)6-7-16-12;1-2/h3-5,11,13,15H,6-8H2,1-2H3;1H2/t11-,13-;/m1./s1. The van der Waals surface area contributed by atoms with Crippen LogP contribution in [0.5, 0.6) is 5.75 Å². The molecule has 0 aromatic heterocycles. The van der Waals surface area contributed by atoms with Crippen molar-refractivity contribution in [3.8, 4) is 5.75 Å². The molecule has 1 N–H and O–H groups in total. The van der Waals surface area contributed by atoms with Crippen LogP contribution in [-0.4, -0.2) is 25.1 Å². The summed E-state index contributed by atoms with van der Waals surface area (Å²) < 4.78 is 5.59. The van der Waals surface area contributed by atoms with Gasteiger partial charge in [0.15, 0.2) is 0 Å². The summed E-state index contributed by atoms with van der Waals surface area (Å²) in [5, 5.41) is 9.39. The predicted octanol–water partition coefficient (Wildman–Crippen LogP) is 2.17. The molecule has 2 aliphatic rings. The Bertz CT molecular complexity index is 439. The molecule has 98 valence electrons. The summed E-state index contributed by atoms with van der Waals surface area (Å²) >= 11 is 0. The van der Waals surface area contributed by atoms with Crippen LogP contribution in [0.15, 0.2) is 18.2 Å². The van der Waals surface area contributed by atoms with Crippen molar-refractivity contribution in [2.75, 3.05) is 13.2 Å². The van der Waals surface area contributed by atoms with E-state index in [1.54, 1.807) is 0 Å². The van der Waals surface area contributed by atoms with Crippen molar-refractivity contribution in [3.63, 3.8) is 0 Å². The maximum Gasteiger partial charge on any atom is 0.122 e. The van der Waals surface area contributed by atoms with Gasteiger partial charge in [0, 0.05) is 18.6 Å². The number of rotatable bonds is 2. The molecule has 3 rings (SSSR count). The van der Waals surface area contributed by atoms with Crippen LogP contribution in [0, 0.1) is 11.3 Å². The van der Waals surface area contributed by atoms with Crippen LogP contribution in [0.4, 0.5) is 0 Å². The topological polar surface area (TPSA) is 46.5 Å². The second kappa shape index (κ2) is 4.73. The lowest BCUT2D eigenvalue weighted by molar-refractivity contribution is -0.0979. The van der Waals surface area contributed by atoms with E-state index >= 15 is 0 Å². The van der Waals surface area contributed by atoms with Crippen LogP contribution in [0.3, 0.4) is 0 Å². The first kappa shape index (κ1) is 13.1. The summed E-state index contributed by atoms with van der Waals surface area (Å²) in [6, 6.07) is 6.33. The lowest BCUT2D eigenvalue weighted by Gasteiger charge is -2.08. The largest absolute Gasteiger partial charge is 0.493 e. The summed E-state index contributed by atoms with van der Waals surface area (Å²) in [5.74, 6) is 1.98. The number of carbonyl (C=O) groups excluding carboxylic acids is 1. The van der Waals surface area contributed by atoms with E-state index in [0.717, 1.165) is 18.8 Å². The molecule has 0 unspecified atom stereocenters. The summed E-state index contributed by atoms with van der Waals surface area (Å²) in [6.45, 7) is 7.59. The van der Waals surface area contributed by atoms with Crippen molar-refractivity contribution in [1.82, 2.24) is 0 Å². The first-order chi connectivity index (χ1) is 8.66. The molecule has 1 aliphatic carbocycles. The van der Waals surface area contributed by atoms with Crippen molar-refractivity contribution in [3.05, 3.63) is 29.3 Å². The van der Waals surface area contributed by atoms with Crippen molar-refractivity contribution >= 4 is 6.79 Å². The van der Waals surface area contributed by atoms with E-state index in [-0.39, 0.29) is 5.41 Å². The van der Waals surface area contributed by atoms with Crippen molar-refractivity contribution in [2.24, 2.45) is 11.3 Å². The minimum Gasteiger partial charge on any atom is -0.493 e. The quantitative estimate of drug-likeness (QED) is 0.872. The number of ether oxygens (including phenoxy) is 1. The van der Waals surface area contributed by atoms with Gasteiger partial charge in [-0.3, -0.25) is 0 Å². The van der Waals surface area contributed by atoms with E-state index in [2.05, 4.69) is 32.0 Å². The number of aliphatic hydroxyl groups excluding tert-OH is 1. The normalized spacial score (nSPS) is 26.6. The Labute approximate surface area is 108 Å². The third-order valence-electron chi connectivity index (χ3n) is 4.36. The molecule has 0 amide bonds. The molecule has 1 saturated carbocycles. The third kappa shape index (κ3) is 1.83. The van der Waals surface area contributed by atoms with E-state index in [0.29, 0.717) is 18.4 Å². The lowest BCUT2D eigenvalue weighted by atomic mass is 9.96. The van der Waals surface area contributed by atoms with Gasteiger partial charge in [-0.05, 0) is 28.9 Å². The Morgan fingerprint density at radius 3 is 2.78 bits per heavy atom. The third-order valence-corrected chi connectivity index (χ3v) is 4.36.